The molecule has 1 atom stereocenters. The Hall–Kier alpha value is -1.59. The topological polar surface area (TPSA) is 42.0 Å². The van der Waals surface area contributed by atoms with E-state index in [9.17, 15) is 4.79 Å². The van der Waals surface area contributed by atoms with Crippen molar-refractivity contribution in [1.82, 2.24) is 9.80 Å². The van der Waals surface area contributed by atoms with Crippen LogP contribution in [-0.4, -0.2) is 68.8 Å². The van der Waals surface area contributed by atoms with Gasteiger partial charge in [0, 0.05) is 45.3 Å². The number of carbonyl (C=O) groups excluding carboxylic acids is 1. The fraction of sp³-hybridized carbons (Fsp3) is 0.696. The molecule has 1 aromatic rings. The zero-order chi connectivity index (χ0) is 19.8. The van der Waals surface area contributed by atoms with Crippen molar-refractivity contribution in [3.8, 4) is 5.75 Å². The van der Waals surface area contributed by atoms with Crippen molar-refractivity contribution in [2.24, 2.45) is 11.8 Å². The predicted molar refractivity (Wildman–Crippen MR) is 112 cm³/mol. The van der Waals surface area contributed by atoms with E-state index in [1.54, 1.807) is 7.11 Å². The molecule has 0 radical (unpaired) electrons. The number of methoxy groups -OCH3 is 1. The van der Waals surface area contributed by atoms with E-state index in [4.69, 9.17) is 9.47 Å². The van der Waals surface area contributed by atoms with Gasteiger partial charge in [0.2, 0.25) is 5.91 Å². The summed E-state index contributed by atoms with van der Waals surface area (Å²) in [5.41, 5.74) is 1.33. The second-order valence-corrected chi connectivity index (χ2v) is 8.17. The number of benzene rings is 1. The lowest BCUT2D eigenvalue weighted by Gasteiger charge is -2.37. The van der Waals surface area contributed by atoms with Crippen LogP contribution in [0.25, 0.3) is 0 Å². The van der Waals surface area contributed by atoms with Crippen LogP contribution in [0.2, 0.25) is 0 Å². The van der Waals surface area contributed by atoms with Crippen molar-refractivity contribution in [2.75, 3.05) is 53.0 Å². The fourth-order valence-corrected chi connectivity index (χ4v) is 4.51. The number of nitrogens with zero attached hydrogens (tertiary/aromatic N) is 2. The van der Waals surface area contributed by atoms with E-state index < -0.39 is 0 Å². The van der Waals surface area contributed by atoms with Crippen molar-refractivity contribution in [3.05, 3.63) is 29.8 Å². The Morgan fingerprint density at radius 2 is 2.11 bits per heavy atom. The third-order valence-electron chi connectivity index (χ3n) is 6.20. The molecular weight excluding hydrogens is 352 g/mol. The lowest BCUT2D eigenvalue weighted by atomic mass is 9.94. The quantitative estimate of drug-likeness (QED) is 0.686. The van der Waals surface area contributed by atoms with Gasteiger partial charge in [0.25, 0.3) is 0 Å². The Morgan fingerprint density at radius 1 is 1.29 bits per heavy atom. The molecule has 5 nitrogen and oxygen atoms in total. The molecule has 0 aliphatic carbocycles. The summed E-state index contributed by atoms with van der Waals surface area (Å²) >= 11 is 0. The Bertz CT molecular complexity index is 616. The van der Waals surface area contributed by atoms with Gasteiger partial charge in [0.15, 0.2) is 0 Å². The standard InChI is InChI=1S/C23H36N2O3/c1-3-25(23(26)21-10-14-28-15-11-21)18-20-7-5-12-24(17-20)13-9-19-6-4-8-22(16-19)27-2/h4,6,8,16,20-21H,3,5,7,9-15,17-18H2,1-2H3/t20-/m1/s1. The highest BCUT2D eigenvalue weighted by Gasteiger charge is 2.28. The summed E-state index contributed by atoms with van der Waals surface area (Å²) in [6, 6.07) is 8.37. The third kappa shape index (κ3) is 5.95. The van der Waals surface area contributed by atoms with Crippen molar-refractivity contribution in [1.29, 1.82) is 0 Å². The fourth-order valence-electron chi connectivity index (χ4n) is 4.51. The Labute approximate surface area is 170 Å². The normalized spacial score (nSPS) is 21.4. The van der Waals surface area contributed by atoms with Crippen LogP contribution >= 0.6 is 0 Å². The molecule has 1 amide bonds. The summed E-state index contributed by atoms with van der Waals surface area (Å²) in [5, 5.41) is 0. The largest absolute Gasteiger partial charge is 0.497 e. The van der Waals surface area contributed by atoms with E-state index in [0.717, 1.165) is 64.4 Å². The summed E-state index contributed by atoms with van der Waals surface area (Å²) in [5.74, 6) is 2.03. The first-order valence-corrected chi connectivity index (χ1v) is 10.9. The highest BCUT2D eigenvalue weighted by Crippen LogP contribution is 2.22. The highest BCUT2D eigenvalue weighted by molar-refractivity contribution is 5.78. The average Bonchev–Trinajstić information content (AvgIpc) is 2.76. The third-order valence-corrected chi connectivity index (χ3v) is 6.20. The Kier molecular flexibility index (Phi) is 8.16. The van der Waals surface area contributed by atoms with Crippen LogP contribution < -0.4 is 4.74 Å². The number of carbonyl (C=O) groups is 1. The molecule has 2 aliphatic rings. The van der Waals surface area contributed by atoms with Crippen LogP contribution in [0.3, 0.4) is 0 Å². The molecule has 5 heteroatoms. The van der Waals surface area contributed by atoms with Crippen LogP contribution in [0.1, 0.15) is 38.2 Å². The molecule has 1 aromatic carbocycles. The molecule has 0 spiro atoms. The van der Waals surface area contributed by atoms with Gasteiger partial charge in [-0.3, -0.25) is 4.79 Å². The maximum absolute atomic E-state index is 12.9. The number of likely N-dealkylation sites (tertiary alicyclic amines) is 1. The lowest BCUT2D eigenvalue weighted by Crippen LogP contribution is -2.45. The molecule has 2 fully saturated rings. The summed E-state index contributed by atoms with van der Waals surface area (Å²) in [6.07, 6.45) is 5.26. The SMILES string of the molecule is CCN(C[C@@H]1CCCN(CCc2cccc(OC)c2)C1)C(=O)C1CCOCC1. The van der Waals surface area contributed by atoms with Gasteiger partial charge < -0.3 is 19.3 Å². The minimum Gasteiger partial charge on any atom is -0.497 e. The molecule has 2 aliphatic heterocycles. The first-order chi connectivity index (χ1) is 13.7. The summed E-state index contributed by atoms with van der Waals surface area (Å²) < 4.78 is 10.8. The molecular formula is C23H36N2O3. The van der Waals surface area contributed by atoms with E-state index in [2.05, 4.69) is 34.9 Å². The number of ether oxygens (including phenoxy) is 2. The zero-order valence-electron chi connectivity index (χ0n) is 17.6. The van der Waals surface area contributed by atoms with Gasteiger partial charge in [-0.15, -0.1) is 0 Å². The smallest absolute Gasteiger partial charge is 0.225 e. The van der Waals surface area contributed by atoms with Gasteiger partial charge in [0.1, 0.15) is 5.75 Å². The van der Waals surface area contributed by atoms with Gasteiger partial charge in [-0.1, -0.05) is 12.1 Å². The first kappa shape index (κ1) is 21.1. The second-order valence-electron chi connectivity index (χ2n) is 8.17. The summed E-state index contributed by atoms with van der Waals surface area (Å²) in [6.45, 7) is 8.63. The predicted octanol–water partition coefficient (Wildman–Crippen LogP) is 3.22. The Balaban J connectivity index is 1.48. The minimum atomic E-state index is 0.168. The van der Waals surface area contributed by atoms with Crippen molar-refractivity contribution in [3.63, 3.8) is 0 Å². The number of hydrogen-bond donors (Lipinski definition) is 0. The van der Waals surface area contributed by atoms with Gasteiger partial charge in [-0.2, -0.15) is 0 Å². The van der Waals surface area contributed by atoms with Gasteiger partial charge in [0.05, 0.1) is 7.11 Å². The summed E-state index contributed by atoms with van der Waals surface area (Å²) in [4.78, 5) is 17.6. The average molecular weight is 389 g/mol. The number of piperidine rings is 1. The maximum Gasteiger partial charge on any atom is 0.225 e. The molecule has 2 heterocycles. The molecule has 2 saturated heterocycles. The van der Waals surface area contributed by atoms with E-state index in [1.807, 2.05) is 6.07 Å². The van der Waals surface area contributed by atoms with Crippen molar-refractivity contribution >= 4 is 5.91 Å². The highest BCUT2D eigenvalue weighted by atomic mass is 16.5. The van der Waals surface area contributed by atoms with Crippen molar-refractivity contribution in [2.45, 2.75) is 39.0 Å². The monoisotopic (exact) mass is 388 g/mol. The molecule has 0 aromatic heterocycles. The minimum absolute atomic E-state index is 0.168. The van der Waals surface area contributed by atoms with Gasteiger partial charge in [-0.05, 0) is 69.2 Å². The molecule has 0 saturated carbocycles. The van der Waals surface area contributed by atoms with Crippen LogP contribution in [0.15, 0.2) is 24.3 Å². The van der Waals surface area contributed by atoms with Crippen LogP contribution in [-0.2, 0) is 16.0 Å². The molecule has 156 valence electrons. The Morgan fingerprint density at radius 3 is 2.86 bits per heavy atom. The van der Waals surface area contributed by atoms with Crippen molar-refractivity contribution < 1.29 is 14.3 Å². The molecule has 0 unspecified atom stereocenters. The van der Waals surface area contributed by atoms with E-state index in [-0.39, 0.29) is 5.92 Å². The number of amides is 1. The maximum atomic E-state index is 12.9. The molecule has 0 N–H and O–H groups in total. The molecule has 0 bridgehead atoms. The second kappa shape index (κ2) is 10.8. The lowest BCUT2D eigenvalue weighted by molar-refractivity contribution is -0.139. The van der Waals surface area contributed by atoms with Crippen LogP contribution in [0.4, 0.5) is 0 Å². The number of hydrogen-bond acceptors (Lipinski definition) is 4. The molecule has 28 heavy (non-hydrogen) atoms. The van der Waals surface area contributed by atoms with Crippen LogP contribution in [0.5, 0.6) is 5.75 Å². The molecule has 3 rings (SSSR count). The van der Waals surface area contributed by atoms with E-state index in [0.29, 0.717) is 11.8 Å². The summed E-state index contributed by atoms with van der Waals surface area (Å²) in [7, 11) is 1.72. The van der Waals surface area contributed by atoms with E-state index in [1.165, 1.54) is 24.9 Å². The zero-order valence-corrected chi connectivity index (χ0v) is 17.6. The van der Waals surface area contributed by atoms with Gasteiger partial charge >= 0.3 is 0 Å². The number of rotatable bonds is 8. The van der Waals surface area contributed by atoms with Crippen LogP contribution in [0, 0.1) is 11.8 Å². The van der Waals surface area contributed by atoms with E-state index >= 15 is 0 Å². The van der Waals surface area contributed by atoms with Gasteiger partial charge in [-0.25, -0.2) is 0 Å². The first-order valence-electron chi connectivity index (χ1n) is 10.9.